The molecule has 0 radical (unpaired) electrons. The molecular formula is C17H25N3. The first-order valence-corrected chi connectivity index (χ1v) is 7.46. The van der Waals surface area contributed by atoms with Gasteiger partial charge in [-0.25, -0.2) is 4.98 Å². The van der Waals surface area contributed by atoms with Gasteiger partial charge < -0.3 is 9.88 Å². The molecule has 20 heavy (non-hydrogen) atoms. The van der Waals surface area contributed by atoms with E-state index in [0.717, 1.165) is 31.2 Å². The average Bonchev–Trinajstić information content (AvgIpc) is 2.77. The summed E-state index contributed by atoms with van der Waals surface area (Å²) in [6.07, 6.45) is 3.22. The lowest BCUT2D eigenvalue weighted by atomic mass is 10.0. The Morgan fingerprint density at radius 3 is 2.50 bits per heavy atom. The van der Waals surface area contributed by atoms with Gasteiger partial charge in [-0.15, -0.1) is 0 Å². The summed E-state index contributed by atoms with van der Waals surface area (Å²) >= 11 is 0. The molecule has 0 bridgehead atoms. The lowest BCUT2D eigenvalue weighted by molar-refractivity contribution is 0.681. The van der Waals surface area contributed by atoms with Crippen LogP contribution in [0, 0.1) is 6.92 Å². The number of aryl methyl sites for hydroxylation is 2. The van der Waals surface area contributed by atoms with E-state index in [1.54, 1.807) is 0 Å². The zero-order valence-corrected chi connectivity index (χ0v) is 13.0. The van der Waals surface area contributed by atoms with Crippen molar-refractivity contribution in [3.8, 4) is 0 Å². The van der Waals surface area contributed by atoms with E-state index in [-0.39, 0.29) is 0 Å². The molecule has 1 aromatic heterocycles. The van der Waals surface area contributed by atoms with E-state index in [1.807, 2.05) is 6.92 Å². The first-order valence-electron chi connectivity index (χ1n) is 7.46. The Morgan fingerprint density at radius 2 is 1.90 bits per heavy atom. The third-order valence-electron chi connectivity index (χ3n) is 3.46. The van der Waals surface area contributed by atoms with Crippen LogP contribution < -0.4 is 5.32 Å². The molecule has 1 N–H and O–H groups in total. The fourth-order valence-corrected chi connectivity index (χ4v) is 2.30. The van der Waals surface area contributed by atoms with E-state index in [0.29, 0.717) is 5.92 Å². The molecule has 3 heteroatoms. The van der Waals surface area contributed by atoms with Gasteiger partial charge in [-0.2, -0.15) is 0 Å². The fraction of sp³-hybridized carbons (Fsp3) is 0.471. The smallest absolute Gasteiger partial charge is 0.203 e. The lowest BCUT2D eigenvalue weighted by Crippen LogP contribution is -2.07. The van der Waals surface area contributed by atoms with Crippen molar-refractivity contribution in [2.75, 3.05) is 5.32 Å². The molecule has 0 fully saturated rings. The fourth-order valence-electron chi connectivity index (χ4n) is 2.30. The Labute approximate surface area is 122 Å². The van der Waals surface area contributed by atoms with E-state index in [9.17, 15) is 0 Å². The molecule has 0 saturated carbocycles. The van der Waals surface area contributed by atoms with Gasteiger partial charge in [0.1, 0.15) is 0 Å². The van der Waals surface area contributed by atoms with Gasteiger partial charge in [0.25, 0.3) is 0 Å². The van der Waals surface area contributed by atoms with Crippen molar-refractivity contribution in [3.05, 3.63) is 47.3 Å². The topological polar surface area (TPSA) is 29.9 Å². The van der Waals surface area contributed by atoms with Crippen LogP contribution in [-0.2, 0) is 13.1 Å². The highest BCUT2D eigenvalue weighted by Gasteiger charge is 2.05. The molecule has 1 aromatic carbocycles. The summed E-state index contributed by atoms with van der Waals surface area (Å²) in [4.78, 5) is 4.54. The molecule has 2 rings (SSSR count). The number of imidazole rings is 1. The van der Waals surface area contributed by atoms with Crippen LogP contribution in [-0.4, -0.2) is 9.55 Å². The van der Waals surface area contributed by atoms with E-state index in [2.05, 4.69) is 66.1 Å². The molecule has 0 aliphatic carbocycles. The van der Waals surface area contributed by atoms with Gasteiger partial charge in [-0.1, -0.05) is 45.0 Å². The van der Waals surface area contributed by atoms with Crippen molar-refractivity contribution in [1.29, 1.82) is 0 Å². The predicted octanol–water partition coefficient (Wildman–Crippen LogP) is 4.34. The first-order chi connectivity index (χ1) is 9.60. The molecule has 0 aliphatic heterocycles. The summed E-state index contributed by atoms with van der Waals surface area (Å²) in [5.74, 6) is 1.56. The lowest BCUT2D eigenvalue weighted by Gasteiger charge is -2.10. The van der Waals surface area contributed by atoms with E-state index >= 15 is 0 Å². The van der Waals surface area contributed by atoms with Crippen molar-refractivity contribution in [3.63, 3.8) is 0 Å². The average molecular weight is 271 g/mol. The summed E-state index contributed by atoms with van der Waals surface area (Å²) < 4.78 is 2.19. The van der Waals surface area contributed by atoms with Crippen LogP contribution in [0.2, 0.25) is 0 Å². The number of aromatic nitrogens is 2. The molecule has 0 spiro atoms. The van der Waals surface area contributed by atoms with Gasteiger partial charge in [0, 0.05) is 19.3 Å². The summed E-state index contributed by atoms with van der Waals surface area (Å²) in [5, 5.41) is 3.44. The number of nitrogens with zero attached hydrogens (tertiary/aromatic N) is 2. The number of nitrogens with one attached hydrogen (secondary N) is 1. The van der Waals surface area contributed by atoms with Crippen molar-refractivity contribution < 1.29 is 0 Å². The van der Waals surface area contributed by atoms with Gasteiger partial charge in [0.05, 0.1) is 5.69 Å². The summed E-state index contributed by atoms with van der Waals surface area (Å²) in [7, 11) is 0. The molecule has 1 heterocycles. The number of benzene rings is 1. The SMILES string of the molecule is CCCn1cc(C)nc1NCc1ccc(C(C)C)cc1. The standard InChI is InChI=1S/C17H25N3/c1-5-10-20-12-14(4)19-17(20)18-11-15-6-8-16(9-7-15)13(2)3/h6-9,12-13H,5,10-11H2,1-4H3,(H,18,19). The Morgan fingerprint density at radius 1 is 1.20 bits per heavy atom. The second-order valence-electron chi connectivity index (χ2n) is 5.65. The Balaban J connectivity index is 2.01. The van der Waals surface area contributed by atoms with E-state index < -0.39 is 0 Å². The van der Waals surface area contributed by atoms with Crippen LogP contribution in [0.5, 0.6) is 0 Å². The second kappa shape index (κ2) is 6.60. The van der Waals surface area contributed by atoms with Gasteiger partial charge in [-0.05, 0) is 30.4 Å². The van der Waals surface area contributed by atoms with Crippen LogP contribution in [0.15, 0.2) is 30.5 Å². The van der Waals surface area contributed by atoms with Crippen LogP contribution in [0.3, 0.4) is 0 Å². The number of rotatable bonds is 6. The van der Waals surface area contributed by atoms with Gasteiger partial charge >= 0.3 is 0 Å². The molecule has 0 amide bonds. The largest absolute Gasteiger partial charge is 0.352 e. The zero-order valence-electron chi connectivity index (χ0n) is 13.0. The van der Waals surface area contributed by atoms with E-state index in [4.69, 9.17) is 0 Å². The third kappa shape index (κ3) is 3.62. The highest BCUT2D eigenvalue weighted by Crippen LogP contribution is 2.16. The molecule has 108 valence electrons. The maximum absolute atomic E-state index is 4.54. The van der Waals surface area contributed by atoms with Crippen LogP contribution in [0.25, 0.3) is 0 Å². The number of anilines is 1. The molecular weight excluding hydrogens is 246 g/mol. The highest BCUT2D eigenvalue weighted by atomic mass is 15.2. The van der Waals surface area contributed by atoms with Crippen molar-refractivity contribution in [2.24, 2.45) is 0 Å². The molecule has 0 unspecified atom stereocenters. The summed E-state index contributed by atoms with van der Waals surface area (Å²) in [6.45, 7) is 10.5. The maximum Gasteiger partial charge on any atom is 0.203 e. The Bertz CT molecular complexity index is 538. The number of hydrogen-bond donors (Lipinski definition) is 1. The summed E-state index contributed by atoms with van der Waals surface area (Å²) in [6, 6.07) is 8.82. The third-order valence-corrected chi connectivity index (χ3v) is 3.46. The minimum Gasteiger partial charge on any atom is -0.352 e. The van der Waals surface area contributed by atoms with Crippen molar-refractivity contribution in [2.45, 2.75) is 53.1 Å². The van der Waals surface area contributed by atoms with Crippen LogP contribution in [0.1, 0.15) is 49.9 Å². The minimum absolute atomic E-state index is 0.586. The quantitative estimate of drug-likeness (QED) is 0.847. The Hall–Kier alpha value is -1.77. The highest BCUT2D eigenvalue weighted by molar-refractivity contribution is 5.32. The molecule has 0 atom stereocenters. The normalized spacial score (nSPS) is 11.1. The summed E-state index contributed by atoms with van der Waals surface area (Å²) in [5.41, 5.74) is 3.74. The number of hydrogen-bond acceptors (Lipinski definition) is 2. The molecule has 3 nitrogen and oxygen atoms in total. The van der Waals surface area contributed by atoms with Crippen molar-refractivity contribution in [1.82, 2.24) is 9.55 Å². The molecule has 0 aliphatic rings. The Kier molecular flexibility index (Phi) is 4.83. The van der Waals surface area contributed by atoms with E-state index in [1.165, 1.54) is 11.1 Å². The van der Waals surface area contributed by atoms with Gasteiger partial charge in [0.15, 0.2) is 0 Å². The zero-order chi connectivity index (χ0) is 14.5. The van der Waals surface area contributed by atoms with Crippen LogP contribution in [0.4, 0.5) is 5.95 Å². The first kappa shape index (κ1) is 14.6. The monoisotopic (exact) mass is 271 g/mol. The van der Waals surface area contributed by atoms with Gasteiger partial charge in [0.2, 0.25) is 5.95 Å². The predicted molar refractivity (Wildman–Crippen MR) is 85.1 cm³/mol. The van der Waals surface area contributed by atoms with Crippen LogP contribution >= 0.6 is 0 Å². The van der Waals surface area contributed by atoms with Gasteiger partial charge in [-0.3, -0.25) is 0 Å². The second-order valence-corrected chi connectivity index (χ2v) is 5.65. The molecule has 0 saturated heterocycles. The molecule has 2 aromatic rings. The minimum atomic E-state index is 0.586. The maximum atomic E-state index is 4.54. The van der Waals surface area contributed by atoms with Crippen molar-refractivity contribution >= 4 is 5.95 Å².